The maximum atomic E-state index is 5.65. The summed E-state index contributed by atoms with van der Waals surface area (Å²) in [4.78, 5) is 0. The zero-order valence-corrected chi connectivity index (χ0v) is 10.3. The van der Waals surface area contributed by atoms with Crippen LogP contribution in [-0.4, -0.2) is 14.9 Å². The summed E-state index contributed by atoms with van der Waals surface area (Å²) < 4.78 is 5.65. The van der Waals surface area contributed by atoms with E-state index in [0.29, 0.717) is 6.61 Å². The Morgan fingerprint density at radius 3 is 2.60 bits per heavy atom. The smallest absolute Gasteiger partial charge is 0.211 e. The fourth-order valence-electron chi connectivity index (χ4n) is 0.941. The van der Waals surface area contributed by atoms with Gasteiger partial charge in [-0.25, -0.2) is 0 Å². The lowest BCUT2D eigenvalue weighted by molar-refractivity contribution is 0.369. The van der Waals surface area contributed by atoms with Gasteiger partial charge in [0.05, 0.1) is 6.61 Å². The Morgan fingerprint density at radius 1 is 1.33 bits per heavy atom. The molecule has 0 saturated heterocycles. The van der Waals surface area contributed by atoms with Gasteiger partial charge in [0.2, 0.25) is 8.32 Å². The van der Waals surface area contributed by atoms with Gasteiger partial charge < -0.3 is 4.43 Å². The normalized spacial score (nSPS) is 10.3. The van der Waals surface area contributed by atoms with Crippen LogP contribution >= 0.6 is 0 Å². The first-order chi connectivity index (χ1) is 7.14. The van der Waals surface area contributed by atoms with E-state index in [1.165, 1.54) is 0 Å². The standard InChI is InChI=1S/C13H16OSi/c1-4-15(2,3)14-12-8-11-13-9-6-5-7-10-13/h4-7,9-10H,1,12H2,2-3H3. The first-order valence-corrected chi connectivity index (χ1v) is 7.94. The van der Waals surface area contributed by atoms with Crippen molar-refractivity contribution in [3.05, 3.63) is 48.2 Å². The van der Waals surface area contributed by atoms with Gasteiger partial charge in [-0.05, 0) is 25.2 Å². The Morgan fingerprint density at radius 2 is 2.00 bits per heavy atom. The average molecular weight is 216 g/mol. The Labute approximate surface area is 92.9 Å². The van der Waals surface area contributed by atoms with Crippen molar-refractivity contribution in [2.24, 2.45) is 0 Å². The summed E-state index contributed by atoms with van der Waals surface area (Å²) in [6.07, 6.45) is 0. The molecule has 1 rings (SSSR count). The minimum atomic E-state index is -1.65. The van der Waals surface area contributed by atoms with E-state index in [-0.39, 0.29) is 0 Å². The lowest BCUT2D eigenvalue weighted by Gasteiger charge is -2.15. The number of hydrogen-bond acceptors (Lipinski definition) is 1. The highest BCUT2D eigenvalue weighted by Gasteiger charge is 2.15. The molecule has 0 amide bonds. The third kappa shape index (κ3) is 4.64. The van der Waals surface area contributed by atoms with Crippen molar-refractivity contribution in [3.63, 3.8) is 0 Å². The number of benzene rings is 1. The summed E-state index contributed by atoms with van der Waals surface area (Å²) in [5, 5.41) is 0. The van der Waals surface area contributed by atoms with Crippen molar-refractivity contribution in [1.82, 2.24) is 0 Å². The Balaban J connectivity index is 2.45. The molecule has 0 fully saturated rings. The van der Waals surface area contributed by atoms with Gasteiger partial charge >= 0.3 is 0 Å². The molecular formula is C13H16OSi. The third-order valence-corrected chi connectivity index (χ3v) is 3.89. The zero-order valence-electron chi connectivity index (χ0n) is 9.29. The van der Waals surface area contributed by atoms with Crippen LogP contribution in [0.1, 0.15) is 5.56 Å². The fourth-order valence-corrected chi connectivity index (χ4v) is 1.50. The molecule has 78 valence electrons. The minimum absolute atomic E-state index is 0.486. The largest absolute Gasteiger partial charge is 0.403 e. The molecule has 15 heavy (non-hydrogen) atoms. The number of rotatable bonds is 3. The van der Waals surface area contributed by atoms with E-state index < -0.39 is 8.32 Å². The summed E-state index contributed by atoms with van der Waals surface area (Å²) in [5.41, 5.74) is 2.94. The van der Waals surface area contributed by atoms with Gasteiger partial charge in [0.15, 0.2) is 0 Å². The second-order valence-corrected chi connectivity index (χ2v) is 7.67. The summed E-state index contributed by atoms with van der Waals surface area (Å²) in [6, 6.07) is 9.92. The minimum Gasteiger partial charge on any atom is -0.403 e. The van der Waals surface area contributed by atoms with E-state index in [0.717, 1.165) is 5.56 Å². The van der Waals surface area contributed by atoms with Crippen LogP contribution in [0.3, 0.4) is 0 Å². The summed E-state index contributed by atoms with van der Waals surface area (Å²) in [6.45, 7) is 8.45. The zero-order chi connectivity index (χ0) is 11.1. The van der Waals surface area contributed by atoms with Crippen LogP contribution in [0.25, 0.3) is 0 Å². The second-order valence-electron chi connectivity index (χ2n) is 3.76. The summed E-state index contributed by atoms with van der Waals surface area (Å²) >= 11 is 0. The van der Waals surface area contributed by atoms with Crippen LogP contribution in [0.4, 0.5) is 0 Å². The van der Waals surface area contributed by atoms with Crippen LogP contribution in [-0.2, 0) is 4.43 Å². The molecule has 0 N–H and O–H groups in total. The van der Waals surface area contributed by atoms with Crippen molar-refractivity contribution >= 4 is 8.32 Å². The average Bonchev–Trinajstić information content (AvgIpc) is 2.26. The van der Waals surface area contributed by atoms with Gasteiger partial charge in [0, 0.05) is 5.56 Å². The van der Waals surface area contributed by atoms with Gasteiger partial charge in [-0.2, -0.15) is 0 Å². The molecule has 0 aliphatic heterocycles. The van der Waals surface area contributed by atoms with Crippen LogP contribution in [0, 0.1) is 11.8 Å². The van der Waals surface area contributed by atoms with Crippen molar-refractivity contribution in [3.8, 4) is 11.8 Å². The maximum Gasteiger partial charge on any atom is 0.211 e. The molecule has 0 saturated carbocycles. The highest BCUT2D eigenvalue weighted by atomic mass is 28.4. The molecule has 0 aromatic heterocycles. The lowest BCUT2D eigenvalue weighted by atomic mass is 10.2. The maximum absolute atomic E-state index is 5.65. The van der Waals surface area contributed by atoms with Crippen LogP contribution in [0.15, 0.2) is 42.6 Å². The number of hydrogen-bond donors (Lipinski definition) is 0. The highest BCUT2D eigenvalue weighted by Crippen LogP contribution is 2.03. The lowest BCUT2D eigenvalue weighted by Crippen LogP contribution is -2.27. The molecule has 2 heteroatoms. The molecule has 0 heterocycles. The first-order valence-electron chi connectivity index (χ1n) is 4.95. The van der Waals surface area contributed by atoms with Crippen molar-refractivity contribution < 1.29 is 4.43 Å². The SMILES string of the molecule is C=C[Si](C)(C)OCC#Cc1ccccc1. The molecular weight excluding hydrogens is 200 g/mol. The molecule has 0 aliphatic rings. The topological polar surface area (TPSA) is 9.23 Å². The molecule has 0 radical (unpaired) electrons. The van der Waals surface area contributed by atoms with Gasteiger partial charge in [-0.15, -0.1) is 6.58 Å². The van der Waals surface area contributed by atoms with Crippen LogP contribution in [0.2, 0.25) is 13.1 Å². The van der Waals surface area contributed by atoms with Gasteiger partial charge in [-0.3, -0.25) is 0 Å². The molecule has 1 aromatic rings. The van der Waals surface area contributed by atoms with Crippen LogP contribution < -0.4 is 0 Å². The van der Waals surface area contributed by atoms with E-state index >= 15 is 0 Å². The molecule has 0 unspecified atom stereocenters. The molecule has 1 aromatic carbocycles. The Bertz CT molecular complexity index is 371. The Kier molecular flexibility index (Phi) is 4.35. The molecule has 0 bridgehead atoms. The van der Waals surface area contributed by atoms with E-state index in [2.05, 4.69) is 31.5 Å². The van der Waals surface area contributed by atoms with Crippen molar-refractivity contribution in [1.29, 1.82) is 0 Å². The quantitative estimate of drug-likeness (QED) is 0.557. The van der Waals surface area contributed by atoms with Crippen molar-refractivity contribution in [2.75, 3.05) is 6.61 Å². The van der Waals surface area contributed by atoms with E-state index in [9.17, 15) is 0 Å². The highest BCUT2D eigenvalue weighted by molar-refractivity contribution is 6.76. The van der Waals surface area contributed by atoms with E-state index in [1.807, 2.05) is 36.0 Å². The first kappa shape index (κ1) is 11.8. The van der Waals surface area contributed by atoms with Gasteiger partial charge in [0.1, 0.15) is 0 Å². The Hall–Kier alpha value is -1.30. The van der Waals surface area contributed by atoms with Crippen LogP contribution in [0.5, 0.6) is 0 Å². The van der Waals surface area contributed by atoms with Crippen molar-refractivity contribution in [2.45, 2.75) is 13.1 Å². The third-order valence-electron chi connectivity index (χ3n) is 2.01. The van der Waals surface area contributed by atoms with Gasteiger partial charge in [-0.1, -0.05) is 35.7 Å². The van der Waals surface area contributed by atoms with Gasteiger partial charge in [0.25, 0.3) is 0 Å². The monoisotopic (exact) mass is 216 g/mol. The molecule has 0 atom stereocenters. The predicted molar refractivity (Wildman–Crippen MR) is 67.0 cm³/mol. The predicted octanol–water partition coefficient (Wildman–Crippen LogP) is 2.99. The molecule has 1 nitrogen and oxygen atoms in total. The molecule has 0 spiro atoms. The second kappa shape index (κ2) is 5.55. The van der Waals surface area contributed by atoms with E-state index in [4.69, 9.17) is 4.43 Å². The molecule has 0 aliphatic carbocycles. The van der Waals surface area contributed by atoms with E-state index in [1.54, 1.807) is 0 Å². The summed E-state index contributed by atoms with van der Waals surface area (Å²) in [7, 11) is -1.65. The fraction of sp³-hybridized carbons (Fsp3) is 0.231. The summed E-state index contributed by atoms with van der Waals surface area (Å²) in [5.74, 6) is 6.06.